The minimum atomic E-state index is -2.92. The first-order chi connectivity index (χ1) is 19.7. The Morgan fingerprint density at radius 3 is 2.24 bits per heavy atom. The van der Waals surface area contributed by atoms with Gasteiger partial charge in [0.2, 0.25) is 0 Å². The van der Waals surface area contributed by atoms with Gasteiger partial charge in [-0.3, -0.25) is 4.79 Å². The standard InChI is InChI=1S/C33H38O7S/c1-4-38-31(34)19-33(21-37-22-33)27-8-10-28(11-9-27)39-20-25-6-5-7-26(18-25)32-23(2)16-30(17-24(32)3)40-29-12-14-41(35,36)15-13-29/h5-11,16-18,29H,4,12-15,19-22H2,1-3H3. The highest BCUT2D eigenvalue weighted by Gasteiger charge is 2.42. The molecule has 0 atom stereocenters. The van der Waals surface area contributed by atoms with Crippen LogP contribution < -0.4 is 9.47 Å². The topological polar surface area (TPSA) is 88.1 Å². The zero-order valence-corrected chi connectivity index (χ0v) is 24.8. The molecule has 2 aliphatic heterocycles. The molecular formula is C33H38O7S. The molecule has 0 unspecified atom stereocenters. The van der Waals surface area contributed by atoms with Crippen molar-refractivity contribution in [3.63, 3.8) is 0 Å². The van der Waals surface area contributed by atoms with Crippen molar-refractivity contribution in [2.45, 2.75) is 58.2 Å². The van der Waals surface area contributed by atoms with E-state index in [0.29, 0.717) is 45.7 Å². The molecule has 3 aromatic carbocycles. The lowest BCUT2D eigenvalue weighted by molar-refractivity contribution is -0.151. The summed E-state index contributed by atoms with van der Waals surface area (Å²) in [5.41, 5.74) is 6.26. The van der Waals surface area contributed by atoms with Crippen LogP contribution in [-0.2, 0) is 36.1 Å². The number of carbonyl (C=O) groups is 1. The van der Waals surface area contributed by atoms with E-state index in [0.717, 1.165) is 44.9 Å². The molecule has 0 N–H and O–H groups in total. The smallest absolute Gasteiger partial charge is 0.306 e. The van der Waals surface area contributed by atoms with E-state index in [1.165, 1.54) is 0 Å². The number of rotatable bonds is 10. The number of ether oxygens (including phenoxy) is 4. The van der Waals surface area contributed by atoms with Crippen LogP contribution in [0.25, 0.3) is 11.1 Å². The minimum absolute atomic E-state index is 0.0668. The molecule has 0 aliphatic carbocycles. The van der Waals surface area contributed by atoms with Gasteiger partial charge in [-0.05, 0) is 97.3 Å². The average Bonchev–Trinajstić information content (AvgIpc) is 2.91. The molecule has 8 heteroatoms. The van der Waals surface area contributed by atoms with Gasteiger partial charge in [0, 0.05) is 0 Å². The highest BCUT2D eigenvalue weighted by molar-refractivity contribution is 7.91. The molecule has 0 spiro atoms. The van der Waals surface area contributed by atoms with Crippen LogP contribution in [-0.4, -0.2) is 51.8 Å². The molecule has 41 heavy (non-hydrogen) atoms. The Morgan fingerprint density at radius 1 is 0.951 bits per heavy atom. The fraction of sp³-hybridized carbons (Fsp3) is 0.424. The van der Waals surface area contributed by atoms with Crippen LogP contribution in [0.3, 0.4) is 0 Å². The number of hydrogen-bond donors (Lipinski definition) is 0. The first-order valence-corrected chi connectivity index (χ1v) is 16.0. The molecule has 2 aliphatic rings. The van der Waals surface area contributed by atoms with E-state index in [4.69, 9.17) is 18.9 Å². The van der Waals surface area contributed by atoms with E-state index in [2.05, 4.69) is 32.0 Å². The Bertz CT molecular complexity index is 1450. The van der Waals surface area contributed by atoms with E-state index in [1.807, 2.05) is 49.4 Å². The molecule has 2 fully saturated rings. The van der Waals surface area contributed by atoms with Gasteiger partial charge < -0.3 is 18.9 Å². The quantitative estimate of drug-likeness (QED) is 0.284. The van der Waals surface area contributed by atoms with Crippen molar-refractivity contribution < 1.29 is 32.2 Å². The summed E-state index contributed by atoms with van der Waals surface area (Å²) in [5.74, 6) is 1.73. The fourth-order valence-corrected chi connectivity index (χ4v) is 7.17. The SMILES string of the molecule is CCOC(=O)CC1(c2ccc(OCc3cccc(-c4c(C)cc(OC5CCS(=O)(=O)CC5)cc4C)c3)cc2)COC1. The van der Waals surface area contributed by atoms with E-state index in [1.54, 1.807) is 0 Å². The first kappa shape index (κ1) is 29.1. The van der Waals surface area contributed by atoms with E-state index in [-0.39, 0.29) is 29.0 Å². The maximum absolute atomic E-state index is 12.1. The lowest BCUT2D eigenvalue weighted by Crippen LogP contribution is -2.48. The first-order valence-electron chi connectivity index (χ1n) is 14.2. The second-order valence-corrected chi connectivity index (χ2v) is 13.5. The van der Waals surface area contributed by atoms with Crippen LogP contribution in [0.15, 0.2) is 60.7 Å². The third-order valence-electron chi connectivity index (χ3n) is 7.94. The minimum Gasteiger partial charge on any atom is -0.490 e. The maximum atomic E-state index is 12.1. The Morgan fingerprint density at radius 2 is 1.63 bits per heavy atom. The van der Waals surface area contributed by atoms with Crippen LogP contribution in [0, 0.1) is 13.8 Å². The van der Waals surface area contributed by atoms with Gasteiger partial charge >= 0.3 is 5.97 Å². The third kappa shape index (κ3) is 6.93. The Labute approximate surface area is 242 Å². The largest absolute Gasteiger partial charge is 0.490 e. The number of sulfone groups is 1. The second kappa shape index (κ2) is 12.2. The van der Waals surface area contributed by atoms with Gasteiger partial charge in [-0.25, -0.2) is 8.42 Å². The summed E-state index contributed by atoms with van der Waals surface area (Å²) in [7, 11) is -2.92. The zero-order valence-electron chi connectivity index (χ0n) is 24.0. The average molecular weight is 579 g/mol. The molecule has 0 saturated carbocycles. The number of aryl methyl sites for hydroxylation is 2. The van der Waals surface area contributed by atoms with Crippen molar-refractivity contribution in [3.05, 3.63) is 82.9 Å². The molecule has 2 saturated heterocycles. The van der Waals surface area contributed by atoms with Crippen molar-refractivity contribution in [2.24, 2.45) is 0 Å². The molecule has 2 heterocycles. The van der Waals surface area contributed by atoms with Gasteiger partial charge in [0.25, 0.3) is 0 Å². The summed E-state index contributed by atoms with van der Waals surface area (Å²) >= 11 is 0. The molecule has 0 amide bonds. The van der Waals surface area contributed by atoms with Crippen molar-refractivity contribution >= 4 is 15.8 Å². The van der Waals surface area contributed by atoms with Crippen molar-refractivity contribution in [1.82, 2.24) is 0 Å². The zero-order chi connectivity index (χ0) is 29.0. The lowest BCUT2D eigenvalue weighted by atomic mass is 9.76. The van der Waals surface area contributed by atoms with E-state index >= 15 is 0 Å². The van der Waals surface area contributed by atoms with Crippen LogP contribution in [0.2, 0.25) is 0 Å². The van der Waals surface area contributed by atoms with Crippen LogP contribution >= 0.6 is 0 Å². The summed E-state index contributed by atoms with van der Waals surface area (Å²) < 4.78 is 46.4. The molecule has 0 bridgehead atoms. The fourth-order valence-electron chi connectivity index (χ4n) is 5.72. The predicted octanol–water partition coefficient (Wildman–Crippen LogP) is 5.73. The molecule has 218 valence electrons. The van der Waals surface area contributed by atoms with E-state index in [9.17, 15) is 13.2 Å². The second-order valence-electron chi connectivity index (χ2n) is 11.2. The Kier molecular flexibility index (Phi) is 8.71. The van der Waals surface area contributed by atoms with Gasteiger partial charge in [0.05, 0.1) is 43.2 Å². The van der Waals surface area contributed by atoms with Gasteiger partial charge in [-0.1, -0.05) is 30.3 Å². The Balaban J connectivity index is 1.23. The summed E-state index contributed by atoms with van der Waals surface area (Å²) in [6.45, 7) is 7.78. The normalized spacial score (nSPS) is 17.8. The highest BCUT2D eigenvalue weighted by atomic mass is 32.2. The van der Waals surface area contributed by atoms with Gasteiger partial charge in [0.1, 0.15) is 24.2 Å². The van der Waals surface area contributed by atoms with Gasteiger partial charge in [-0.2, -0.15) is 0 Å². The molecule has 0 aromatic heterocycles. The monoisotopic (exact) mass is 578 g/mol. The van der Waals surface area contributed by atoms with Gasteiger partial charge in [-0.15, -0.1) is 0 Å². The summed E-state index contributed by atoms with van der Waals surface area (Å²) in [6.07, 6.45) is 1.32. The molecule has 3 aromatic rings. The third-order valence-corrected chi connectivity index (χ3v) is 9.66. The predicted molar refractivity (Wildman–Crippen MR) is 158 cm³/mol. The molecular weight excluding hydrogens is 540 g/mol. The maximum Gasteiger partial charge on any atom is 0.306 e. The number of benzene rings is 3. The van der Waals surface area contributed by atoms with Crippen LogP contribution in [0.5, 0.6) is 11.5 Å². The number of hydrogen-bond acceptors (Lipinski definition) is 7. The van der Waals surface area contributed by atoms with E-state index < -0.39 is 9.84 Å². The van der Waals surface area contributed by atoms with Crippen molar-refractivity contribution in [1.29, 1.82) is 0 Å². The Hall–Kier alpha value is -3.36. The number of carbonyl (C=O) groups excluding carboxylic acids is 1. The van der Waals surface area contributed by atoms with Crippen molar-refractivity contribution in [2.75, 3.05) is 31.3 Å². The molecule has 0 radical (unpaired) electrons. The van der Waals surface area contributed by atoms with Gasteiger partial charge in [0.15, 0.2) is 9.84 Å². The summed E-state index contributed by atoms with van der Waals surface area (Å²) in [4.78, 5) is 12.1. The highest BCUT2D eigenvalue weighted by Crippen LogP contribution is 2.37. The van der Waals surface area contributed by atoms with Crippen LogP contribution in [0.1, 0.15) is 48.4 Å². The molecule has 7 nitrogen and oxygen atoms in total. The van der Waals surface area contributed by atoms with Crippen LogP contribution in [0.4, 0.5) is 0 Å². The lowest BCUT2D eigenvalue weighted by Gasteiger charge is -2.41. The summed E-state index contributed by atoms with van der Waals surface area (Å²) in [5, 5.41) is 0. The number of esters is 1. The summed E-state index contributed by atoms with van der Waals surface area (Å²) in [6, 6.07) is 20.3. The van der Waals surface area contributed by atoms with Crippen molar-refractivity contribution in [3.8, 4) is 22.6 Å². The molecule has 5 rings (SSSR count).